The summed E-state index contributed by atoms with van der Waals surface area (Å²) in [4.78, 5) is 1.96. The molecule has 0 aliphatic heterocycles. The van der Waals surface area contributed by atoms with Gasteiger partial charge in [0.25, 0.3) is 0 Å². The monoisotopic (exact) mass is 408 g/mol. The van der Waals surface area contributed by atoms with Crippen molar-refractivity contribution in [3.8, 4) is 0 Å². The molecular formula is C14H16S2Se2. The van der Waals surface area contributed by atoms with Crippen LogP contribution >= 0.6 is 25.3 Å². The van der Waals surface area contributed by atoms with Gasteiger partial charge in [-0.05, 0) is 0 Å². The van der Waals surface area contributed by atoms with Crippen molar-refractivity contribution in [3.63, 3.8) is 0 Å². The van der Waals surface area contributed by atoms with Crippen molar-refractivity contribution in [2.75, 3.05) is 0 Å². The Kier molecular flexibility index (Phi) is 4.19. The van der Waals surface area contributed by atoms with Crippen LogP contribution in [-0.2, 0) is 0 Å². The van der Waals surface area contributed by atoms with Crippen LogP contribution < -0.4 is 0 Å². The van der Waals surface area contributed by atoms with Crippen molar-refractivity contribution >= 4 is 57.3 Å². The van der Waals surface area contributed by atoms with Crippen LogP contribution in [0.5, 0.6) is 0 Å². The van der Waals surface area contributed by atoms with Gasteiger partial charge in [0.1, 0.15) is 0 Å². The maximum absolute atomic E-state index is 4.65. The molecule has 0 saturated heterocycles. The SMILES string of the molecule is CC1=C(C)C(=C2C(S)=C(S)C([SeH])=C2[SeH])C(C)=C1C. The van der Waals surface area contributed by atoms with Gasteiger partial charge in [-0.2, -0.15) is 0 Å². The molecule has 2 aliphatic carbocycles. The second kappa shape index (κ2) is 5.09. The van der Waals surface area contributed by atoms with Gasteiger partial charge < -0.3 is 0 Å². The molecule has 4 heteroatoms. The molecule has 96 valence electrons. The van der Waals surface area contributed by atoms with E-state index in [9.17, 15) is 0 Å². The Bertz CT molecular complexity index is 508. The summed E-state index contributed by atoms with van der Waals surface area (Å²) >= 11 is 14.5. The van der Waals surface area contributed by atoms with Gasteiger partial charge in [-0.15, -0.1) is 0 Å². The normalized spacial score (nSPS) is 21.3. The van der Waals surface area contributed by atoms with E-state index < -0.39 is 0 Å². The van der Waals surface area contributed by atoms with Crippen LogP contribution in [0.15, 0.2) is 52.2 Å². The predicted molar refractivity (Wildman–Crippen MR) is 90.1 cm³/mol. The summed E-state index contributed by atoms with van der Waals surface area (Å²) in [6.07, 6.45) is 0. The average molecular weight is 406 g/mol. The second-order valence-electron chi connectivity index (χ2n) is 4.64. The van der Waals surface area contributed by atoms with Crippen molar-refractivity contribution in [2.24, 2.45) is 0 Å². The summed E-state index contributed by atoms with van der Waals surface area (Å²) in [5, 5.41) is 0. The molecule has 0 spiro atoms. The van der Waals surface area contributed by atoms with Crippen molar-refractivity contribution in [1.82, 2.24) is 0 Å². The fourth-order valence-electron chi connectivity index (χ4n) is 2.40. The van der Waals surface area contributed by atoms with Gasteiger partial charge in [0.2, 0.25) is 0 Å². The summed E-state index contributed by atoms with van der Waals surface area (Å²) in [6.45, 7) is 8.77. The number of hydrogen-bond acceptors (Lipinski definition) is 2. The van der Waals surface area contributed by atoms with Gasteiger partial charge in [0.05, 0.1) is 0 Å². The van der Waals surface area contributed by atoms with E-state index in [4.69, 9.17) is 0 Å². The van der Waals surface area contributed by atoms with E-state index in [1.54, 1.807) is 0 Å². The summed E-state index contributed by atoms with van der Waals surface area (Å²) in [5.74, 6) is 0. The maximum atomic E-state index is 4.65. The van der Waals surface area contributed by atoms with Crippen molar-refractivity contribution < 1.29 is 0 Å². The van der Waals surface area contributed by atoms with Crippen LogP contribution in [0, 0.1) is 0 Å². The Morgan fingerprint density at radius 1 is 0.611 bits per heavy atom. The molecule has 0 N–H and O–H groups in total. The van der Waals surface area contributed by atoms with Crippen LogP contribution in [0.3, 0.4) is 0 Å². The van der Waals surface area contributed by atoms with Crippen molar-refractivity contribution in [3.05, 3.63) is 52.2 Å². The molecule has 0 bridgehead atoms. The Hall–Kier alpha value is 0.439. The summed E-state index contributed by atoms with van der Waals surface area (Å²) in [5.41, 5.74) is 8.05. The van der Waals surface area contributed by atoms with Crippen LogP contribution in [-0.4, -0.2) is 32.0 Å². The van der Waals surface area contributed by atoms with Crippen molar-refractivity contribution in [2.45, 2.75) is 27.7 Å². The topological polar surface area (TPSA) is 0 Å². The van der Waals surface area contributed by atoms with Gasteiger partial charge in [0, 0.05) is 0 Å². The quantitative estimate of drug-likeness (QED) is 0.449. The van der Waals surface area contributed by atoms with Crippen LogP contribution in [0.1, 0.15) is 27.7 Å². The molecule has 0 aromatic carbocycles. The van der Waals surface area contributed by atoms with Gasteiger partial charge in [-0.25, -0.2) is 0 Å². The molecule has 0 amide bonds. The molecule has 0 heterocycles. The van der Waals surface area contributed by atoms with E-state index in [0.29, 0.717) is 0 Å². The Labute approximate surface area is 136 Å². The fraction of sp³-hybridized carbons (Fsp3) is 0.286. The second-order valence-corrected chi connectivity index (χ2v) is 7.42. The van der Waals surface area contributed by atoms with E-state index in [2.05, 4.69) is 85.0 Å². The Morgan fingerprint density at radius 2 is 1.06 bits per heavy atom. The zero-order valence-corrected chi connectivity index (χ0v) is 16.3. The third-order valence-electron chi connectivity index (χ3n) is 3.83. The minimum absolute atomic E-state index is 0.972. The van der Waals surface area contributed by atoms with Gasteiger partial charge in [-0.1, -0.05) is 0 Å². The number of thiol groups is 2. The van der Waals surface area contributed by atoms with E-state index in [-0.39, 0.29) is 0 Å². The minimum atomic E-state index is 0.972. The molecule has 0 radical (unpaired) electrons. The molecule has 0 nitrogen and oxygen atoms in total. The first-order chi connectivity index (χ1) is 8.29. The van der Waals surface area contributed by atoms with Crippen molar-refractivity contribution in [1.29, 1.82) is 0 Å². The first kappa shape index (κ1) is 14.8. The van der Waals surface area contributed by atoms with E-state index in [1.165, 1.54) is 37.9 Å². The summed E-state index contributed by atoms with van der Waals surface area (Å²) in [7, 11) is 0. The average Bonchev–Trinajstić information content (AvgIpc) is 2.64. The molecule has 0 aromatic heterocycles. The van der Waals surface area contributed by atoms with E-state index in [0.717, 1.165) is 14.3 Å². The third kappa shape index (κ3) is 1.98. The molecular weight excluding hydrogens is 390 g/mol. The molecule has 18 heavy (non-hydrogen) atoms. The molecule has 0 atom stereocenters. The summed E-state index contributed by atoms with van der Waals surface area (Å²) in [6, 6.07) is 0. The fourth-order valence-corrected chi connectivity index (χ4v) is 4.71. The van der Waals surface area contributed by atoms with Crippen LogP contribution in [0.25, 0.3) is 0 Å². The first-order valence-electron chi connectivity index (χ1n) is 5.64. The molecule has 0 unspecified atom stereocenters. The zero-order valence-electron chi connectivity index (χ0n) is 10.8. The number of hydrogen-bond donors (Lipinski definition) is 2. The van der Waals surface area contributed by atoms with Gasteiger partial charge >= 0.3 is 137 Å². The van der Waals surface area contributed by atoms with E-state index in [1.807, 2.05) is 0 Å². The number of rotatable bonds is 0. The number of allylic oxidation sites excluding steroid dienone is 8. The van der Waals surface area contributed by atoms with Gasteiger partial charge in [-0.3, -0.25) is 0 Å². The Morgan fingerprint density at radius 3 is 1.39 bits per heavy atom. The molecule has 0 fully saturated rings. The van der Waals surface area contributed by atoms with Crippen LogP contribution in [0.2, 0.25) is 0 Å². The van der Waals surface area contributed by atoms with E-state index >= 15 is 0 Å². The summed E-state index contributed by atoms with van der Waals surface area (Å²) < 4.78 is 2.37. The molecule has 0 aromatic rings. The predicted octanol–water partition coefficient (Wildman–Crippen LogP) is 3.07. The van der Waals surface area contributed by atoms with Crippen LogP contribution in [0.4, 0.5) is 0 Å². The molecule has 0 saturated carbocycles. The standard InChI is InChI=1S/C14H16S2Se2/c1-5-6(2)8(4)9(7(5)3)10-11(15)12(16)14(18)13(10)17/h15-18H,1-4H3. The first-order valence-corrected chi connectivity index (χ1v) is 8.42. The zero-order chi connectivity index (χ0) is 13.8. The molecule has 2 aliphatic rings. The third-order valence-corrected chi connectivity index (χ3v) is 8.00. The molecule has 2 rings (SSSR count). The Balaban J connectivity index is 2.82. The van der Waals surface area contributed by atoms with Gasteiger partial charge in [0.15, 0.2) is 0 Å².